The van der Waals surface area contributed by atoms with Gasteiger partial charge in [-0.15, -0.1) is 11.3 Å². The SMILES string of the molecule is Cc1nc(NC(=O)/C=C/c2ccc(C(C)C)cc2)sc1CC(=O)O. The van der Waals surface area contributed by atoms with Crippen molar-refractivity contribution in [3.05, 3.63) is 52.0 Å². The molecular formula is C18H20N2O3S. The van der Waals surface area contributed by atoms with Gasteiger partial charge in [-0.2, -0.15) is 0 Å². The molecule has 0 unspecified atom stereocenters. The highest BCUT2D eigenvalue weighted by Gasteiger charge is 2.11. The molecule has 1 aromatic carbocycles. The fraction of sp³-hybridized carbons (Fsp3) is 0.278. The van der Waals surface area contributed by atoms with E-state index in [-0.39, 0.29) is 12.3 Å². The number of benzene rings is 1. The molecule has 0 aliphatic carbocycles. The average Bonchev–Trinajstić information content (AvgIpc) is 2.84. The van der Waals surface area contributed by atoms with Crippen molar-refractivity contribution in [1.82, 2.24) is 4.98 Å². The summed E-state index contributed by atoms with van der Waals surface area (Å²) in [4.78, 5) is 27.5. The monoisotopic (exact) mass is 344 g/mol. The fourth-order valence-corrected chi connectivity index (χ4v) is 3.05. The van der Waals surface area contributed by atoms with Gasteiger partial charge in [-0.1, -0.05) is 38.1 Å². The number of aliphatic carboxylic acids is 1. The molecule has 0 aliphatic rings. The number of carboxylic acids is 1. The number of carbonyl (C=O) groups excluding carboxylic acids is 1. The van der Waals surface area contributed by atoms with Gasteiger partial charge in [0.15, 0.2) is 5.13 Å². The standard InChI is InChI=1S/C18H20N2O3S/c1-11(2)14-7-4-13(5-8-14)6-9-16(21)20-18-19-12(3)15(24-18)10-17(22)23/h4-9,11H,10H2,1-3H3,(H,22,23)(H,19,20,21)/b9-6+. The van der Waals surface area contributed by atoms with E-state index >= 15 is 0 Å². The van der Waals surface area contributed by atoms with E-state index in [1.165, 1.54) is 23.0 Å². The van der Waals surface area contributed by atoms with Gasteiger partial charge in [0, 0.05) is 11.0 Å². The summed E-state index contributed by atoms with van der Waals surface area (Å²) in [6.07, 6.45) is 3.09. The zero-order valence-corrected chi connectivity index (χ0v) is 14.7. The zero-order chi connectivity index (χ0) is 17.7. The molecule has 0 fully saturated rings. The van der Waals surface area contributed by atoms with Crippen LogP contribution >= 0.6 is 11.3 Å². The molecule has 5 nitrogen and oxygen atoms in total. The Balaban J connectivity index is 1.98. The second kappa shape index (κ2) is 7.88. The van der Waals surface area contributed by atoms with Gasteiger partial charge in [0.2, 0.25) is 5.91 Å². The maximum atomic E-state index is 12.0. The highest BCUT2D eigenvalue weighted by molar-refractivity contribution is 7.16. The van der Waals surface area contributed by atoms with Gasteiger partial charge in [0.25, 0.3) is 0 Å². The van der Waals surface area contributed by atoms with Crippen LogP contribution in [0.5, 0.6) is 0 Å². The van der Waals surface area contributed by atoms with Crippen molar-refractivity contribution < 1.29 is 14.7 Å². The van der Waals surface area contributed by atoms with Gasteiger partial charge in [-0.3, -0.25) is 14.9 Å². The molecule has 0 spiro atoms. The summed E-state index contributed by atoms with van der Waals surface area (Å²) in [7, 11) is 0. The van der Waals surface area contributed by atoms with Gasteiger partial charge in [0.1, 0.15) is 0 Å². The van der Waals surface area contributed by atoms with Crippen LogP contribution in [0.4, 0.5) is 5.13 Å². The molecule has 24 heavy (non-hydrogen) atoms. The number of nitrogens with one attached hydrogen (secondary N) is 1. The first-order valence-corrected chi connectivity index (χ1v) is 8.44. The first-order chi connectivity index (χ1) is 11.3. The van der Waals surface area contributed by atoms with Crippen LogP contribution in [-0.2, 0) is 16.0 Å². The topological polar surface area (TPSA) is 79.3 Å². The Bertz CT molecular complexity index is 761. The molecule has 126 valence electrons. The van der Waals surface area contributed by atoms with E-state index in [0.717, 1.165) is 5.56 Å². The van der Waals surface area contributed by atoms with Gasteiger partial charge in [-0.25, -0.2) is 4.98 Å². The number of amides is 1. The number of thiazole rings is 1. The molecule has 2 N–H and O–H groups in total. The summed E-state index contributed by atoms with van der Waals surface area (Å²) in [6.45, 7) is 6.00. The van der Waals surface area contributed by atoms with Gasteiger partial charge >= 0.3 is 5.97 Å². The Morgan fingerprint density at radius 2 is 1.96 bits per heavy atom. The van der Waals surface area contributed by atoms with E-state index < -0.39 is 5.97 Å². The van der Waals surface area contributed by atoms with Crippen LogP contribution in [0.15, 0.2) is 30.3 Å². The number of aryl methyl sites for hydroxylation is 1. The Morgan fingerprint density at radius 3 is 2.54 bits per heavy atom. The number of carbonyl (C=O) groups is 2. The minimum atomic E-state index is -0.913. The first-order valence-electron chi connectivity index (χ1n) is 7.62. The van der Waals surface area contributed by atoms with Crippen molar-refractivity contribution in [2.45, 2.75) is 33.1 Å². The van der Waals surface area contributed by atoms with E-state index in [1.807, 2.05) is 24.3 Å². The lowest BCUT2D eigenvalue weighted by Gasteiger charge is -2.04. The molecule has 0 saturated heterocycles. The molecular weight excluding hydrogens is 324 g/mol. The lowest BCUT2D eigenvalue weighted by Crippen LogP contribution is -2.07. The van der Waals surface area contributed by atoms with Crippen LogP contribution < -0.4 is 5.32 Å². The Hall–Kier alpha value is -2.47. The molecule has 1 aromatic heterocycles. The number of hydrogen-bond acceptors (Lipinski definition) is 4. The maximum absolute atomic E-state index is 12.0. The van der Waals surface area contributed by atoms with Crippen molar-refractivity contribution in [3.8, 4) is 0 Å². The molecule has 0 atom stereocenters. The van der Waals surface area contributed by atoms with Crippen molar-refractivity contribution in [1.29, 1.82) is 0 Å². The van der Waals surface area contributed by atoms with Crippen LogP contribution in [-0.4, -0.2) is 22.0 Å². The molecule has 0 saturated carbocycles. The van der Waals surface area contributed by atoms with E-state index in [9.17, 15) is 9.59 Å². The lowest BCUT2D eigenvalue weighted by molar-refractivity contribution is -0.136. The number of anilines is 1. The average molecular weight is 344 g/mol. The van der Waals surface area contributed by atoms with Gasteiger partial charge in [0.05, 0.1) is 12.1 Å². The van der Waals surface area contributed by atoms with Gasteiger partial charge in [-0.05, 0) is 30.0 Å². The fourth-order valence-electron chi connectivity index (χ4n) is 2.09. The summed E-state index contributed by atoms with van der Waals surface area (Å²) >= 11 is 1.19. The molecule has 0 bridgehead atoms. The van der Waals surface area contributed by atoms with E-state index in [1.54, 1.807) is 13.0 Å². The van der Waals surface area contributed by atoms with Crippen LogP contribution in [0.3, 0.4) is 0 Å². The highest BCUT2D eigenvalue weighted by atomic mass is 32.1. The summed E-state index contributed by atoms with van der Waals surface area (Å²) in [5.41, 5.74) is 2.82. The molecule has 6 heteroatoms. The summed E-state index contributed by atoms with van der Waals surface area (Å²) in [5.74, 6) is -0.734. The van der Waals surface area contributed by atoms with Crippen LogP contribution in [0, 0.1) is 6.92 Å². The molecule has 0 radical (unpaired) electrons. The summed E-state index contributed by atoms with van der Waals surface area (Å²) in [5, 5.41) is 11.9. The largest absolute Gasteiger partial charge is 0.481 e. The third-order valence-corrected chi connectivity index (χ3v) is 4.54. The number of nitrogens with zero attached hydrogens (tertiary/aromatic N) is 1. The number of carboxylic acid groups (broad SMARTS) is 1. The Kier molecular flexibility index (Phi) is 5.87. The van der Waals surface area contributed by atoms with E-state index in [4.69, 9.17) is 5.11 Å². The number of rotatable bonds is 6. The maximum Gasteiger partial charge on any atom is 0.308 e. The third kappa shape index (κ3) is 5.03. The van der Waals surface area contributed by atoms with Crippen LogP contribution in [0.1, 0.15) is 41.5 Å². The van der Waals surface area contributed by atoms with Crippen LogP contribution in [0.25, 0.3) is 6.08 Å². The van der Waals surface area contributed by atoms with Crippen molar-refractivity contribution in [3.63, 3.8) is 0 Å². The predicted molar refractivity (Wildman–Crippen MR) is 96.4 cm³/mol. The molecule has 1 heterocycles. The van der Waals surface area contributed by atoms with Crippen molar-refractivity contribution in [2.75, 3.05) is 5.32 Å². The molecule has 0 aliphatic heterocycles. The van der Waals surface area contributed by atoms with Crippen LogP contribution in [0.2, 0.25) is 0 Å². The number of hydrogen-bond donors (Lipinski definition) is 2. The quantitative estimate of drug-likeness (QED) is 0.780. The third-order valence-electron chi connectivity index (χ3n) is 3.46. The highest BCUT2D eigenvalue weighted by Crippen LogP contribution is 2.23. The smallest absolute Gasteiger partial charge is 0.308 e. The normalized spacial score (nSPS) is 11.2. The van der Waals surface area contributed by atoms with E-state index in [2.05, 4.69) is 24.1 Å². The van der Waals surface area contributed by atoms with Crippen molar-refractivity contribution >= 4 is 34.4 Å². The zero-order valence-electron chi connectivity index (χ0n) is 13.9. The lowest BCUT2D eigenvalue weighted by atomic mass is 10.0. The number of aromatic nitrogens is 1. The Morgan fingerprint density at radius 1 is 1.29 bits per heavy atom. The Labute approximate surface area is 145 Å². The van der Waals surface area contributed by atoms with Crippen molar-refractivity contribution in [2.24, 2.45) is 0 Å². The predicted octanol–water partition coefficient (Wildman–Crippen LogP) is 3.85. The summed E-state index contributed by atoms with van der Waals surface area (Å²) < 4.78 is 0. The first kappa shape index (κ1) is 17.9. The van der Waals surface area contributed by atoms with E-state index in [0.29, 0.717) is 21.6 Å². The molecule has 2 rings (SSSR count). The molecule has 1 amide bonds. The molecule has 2 aromatic rings. The summed E-state index contributed by atoms with van der Waals surface area (Å²) in [6, 6.07) is 8.03. The minimum absolute atomic E-state index is 0.0859. The second-order valence-corrected chi connectivity index (χ2v) is 6.83. The van der Waals surface area contributed by atoms with Gasteiger partial charge < -0.3 is 5.11 Å². The minimum Gasteiger partial charge on any atom is -0.481 e. The second-order valence-electron chi connectivity index (χ2n) is 5.74.